The summed E-state index contributed by atoms with van der Waals surface area (Å²) in [6.07, 6.45) is 1.62. The van der Waals surface area contributed by atoms with Crippen LogP contribution in [-0.4, -0.2) is 17.4 Å². The lowest BCUT2D eigenvalue weighted by molar-refractivity contribution is 0.0481. The molecule has 0 spiro atoms. The SMILES string of the molecule is CCOc1ccccc1C1(C)Nc2ccccc2C(=O)N1Cc1ccco1. The zero-order chi connectivity index (χ0) is 18.9. The van der Waals surface area contributed by atoms with Crippen LogP contribution in [0.5, 0.6) is 5.75 Å². The van der Waals surface area contributed by atoms with Gasteiger partial charge in [0.1, 0.15) is 17.2 Å². The molecule has 1 aromatic heterocycles. The molecule has 1 aliphatic rings. The molecule has 1 aliphatic heterocycles. The quantitative estimate of drug-likeness (QED) is 0.720. The highest BCUT2D eigenvalue weighted by atomic mass is 16.5. The molecule has 0 saturated carbocycles. The number of para-hydroxylation sites is 2. The lowest BCUT2D eigenvalue weighted by atomic mass is 9.92. The van der Waals surface area contributed by atoms with Crippen molar-refractivity contribution in [1.29, 1.82) is 0 Å². The summed E-state index contributed by atoms with van der Waals surface area (Å²) in [4.78, 5) is 15.2. The number of anilines is 1. The number of rotatable bonds is 5. The summed E-state index contributed by atoms with van der Waals surface area (Å²) in [7, 11) is 0. The van der Waals surface area contributed by atoms with Gasteiger partial charge in [0.05, 0.1) is 25.0 Å². The molecule has 1 unspecified atom stereocenters. The van der Waals surface area contributed by atoms with Crippen LogP contribution in [0.1, 0.15) is 35.5 Å². The Hall–Kier alpha value is -3.21. The first kappa shape index (κ1) is 17.2. The molecule has 5 nitrogen and oxygen atoms in total. The average molecular weight is 362 g/mol. The van der Waals surface area contributed by atoms with Gasteiger partial charge in [-0.25, -0.2) is 0 Å². The maximum absolute atomic E-state index is 13.4. The number of furan rings is 1. The van der Waals surface area contributed by atoms with E-state index in [1.54, 1.807) is 11.2 Å². The van der Waals surface area contributed by atoms with Gasteiger partial charge in [0.25, 0.3) is 5.91 Å². The number of hydrogen-bond acceptors (Lipinski definition) is 4. The molecule has 27 heavy (non-hydrogen) atoms. The van der Waals surface area contributed by atoms with E-state index in [1.165, 1.54) is 0 Å². The first-order valence-corrected chi connectivity index (χ1v) is 9.07. The number of nitrogens with zero attached hydrogens (tertiary/aromatic N) is 1. The zero-order valence-electron chi connectivity index (χ0n) is 15.4. The van der Waals surface area contributed by atoms with Crippen molar-refractivity contribution >= 4 is 11.6 Å². The molecule has 1 atom stereocenters. The summed E-state index contributed by atoms with van der Waals surface area (Å²) in [5.74, 6) is 1.44. The number of hydrogen-bond donors (Lipinski definition) is 1. The molecule has 0 aliphatic carbocycles. The van der Waals surface area contributed by atoms with Crippen molar-refractivity contribution in [2.45, 2.75) is 26.1 Å². The van der Waals surface area contributed by atoms with Crippen molar-refractivity contribution in [2.75, 3.05) is 11.9 Å². The van der Waals surface area contributed by atoms with E-state index in [0.29, 0.717) is 18.7 Å². The van der Waals surface area contributed by atoms with E-state index >= 15 is 0 Å². The molecule has 0 saturated heterocycles. The highest BCUT2D eigenvalue weighted by molar-refractivity contribution is 6.02. The van der Waals surface area contributed by atoms with Crippen LogP contribution in [0.25, 0.3) is 0 Å². The second-order valence-corrected chi connectivity index (χ2v) is 6.64. The lowest BCUT2D eigenvalue weighted by Crippen LogP contribution is -2.55. The molecule has 4 rings (SSSR count). The van der Waals surface area contributed by atoms with E-state index < -0.39 is 5.66 Å². The van der Waals surface area contributed by atoms with Gasteiger partial charge in [0, 0.05) is 11.3 Å². The molecule has 1 N–H and O–H groups in total. The fourth-order valence-electron chi connectivity index (χ4n) is 3.61. The third-order valence-corrected chi connectivity index (χ3v) is 4.93. The van der Waals surface area contributed by atoms with Gasteiger partial charge in [-0.15, -0.1) is 0 Å². The van der Waals surface area contributed by atoms with Gasteiger partial charge in [0.2, 0.25) is 0 Å². The molecule has 5 heteroatoms. The highest BCUT2D eigenvalue weighted by Gasteiger charge is 2.44. The molecular weight excluding hydrogens is 340 g/mol. The van der Waals surface area contributed by atoms with Gasteiger partial charge < -0.3 is 19.4 Å². The van der Waals surface area contributed by atoms with Gasteiger partial charge in [0.15, 0.2) is 0 Å². The number of ether oxygens (including phenoxy) is 1. The Labute approximate surface area is 158 Å². The molecule has 3 aromatic rings. The van der Waals surface area contributed by atoms with E-state index in [4.69, 9.17) is 9.15 Å². The average Bonchev–Trinajstić information content (AvgIpc) is 3.19. The minimum atomic E-state index is -0.788. The van der Waals surface area contributed by atoms with E-state index in [0.717, 1.165) is 22.8 Å². The molecule has 0 bridgehead atoms. The molecular formula is C22H22N2O3. The Balaban J connectivity index is 1.86. The van der Waals surface area contributed by atoms with E-state index in [-0.39, 0.29) is 5.91 Å². The second-order valence-electron chi connectivity index (χ2n) is 6.64. The first-order chi connectivity index (χ1) is 13.1. The fourth-order valence-corrected chi connectivity index (χ4v) is 3.61. The molecule has 0 fully saturated rings. The van der Waals surface area contributed by atoms with Crippen LogP contribution in [-0.2, 0) is 12.2 Å². The molecule has 2 heterocycles. The summed E-state index contributed by atoms with van der Waals surface area (Å²) in [6, 6.07) is 19.1. The predicted molar refractivity (Wildman–Crippen MR) is 104 cm³/mol. The van der Waals surface area contributed by atoms with Crippen LogP contribution in [0.15, 0.2) is 71.3 Å². The standard InChI is InChI=1S/C22H22N2O3/c1-3-26-20-13-7-5-11-18(20)22(2)23-19-12-6-4-10-17(19)21(25)24(22)15-16-9-8-14-27-16/h4-14,23H,3,15H2,1-2H3. The normalized spacial score (nSPS) is 18.7. The van der Waals surface area contributed by atoms with Crippen LogP contribution in [0.3, 0.4) is 0 Å². The van der Waals surface area contributed by atoms with Crippen molar-refractivity contribution in [2.24, 2.45) is 0 Å². The number of nitrogens with one attached hydrogen (secondary N) is 1. The van der Waals surface area contributed by atoms with E-state index in [1.807, 2.05) is 74.5 Å². The first-order valence-electron chi connectivity index (χ1n) is 9.07. The summed E-state index contributed by atoms with van der Waals surface area (Å²) in [5.41, 5.74) is 1.58. The minimum absolute atomic E-state index is 0.0467. The minimum Gasteiger partial charge on any atom is -0.493 e. The van der Waals surface area contributed by atoms with Crippen molar-refractivity contribution in [3.05, 3.63) is 83.8 Å². The van der Waals surface area contributed by atoms with Crippen molar-refractivity contribution < 1.29 is 13.9 Å². The summed E-state index contributed by atoms with van der Waals surface area (Å²) in [5, 5.41) is 3.56. The van der Waals surface area contributed by atoms with Crippen molar-refractivity contribution in [1.82, 2.24) is 4.90 Å². The van der Waals surface area contributed by atoms with Crippen LogP contribution in [0.2, 0.25) is 0 Å². The molecule has 138 valence electrons. The number of carbonyl (C=O) groups is 1. The fraction of sp³-hybridized carbons (Fsp3) is 0.227. The highest BCUT2D eigenvalue weighted by Crippen LogP contribution is 2.42. The maximum atomic E-state index is 13.4. The lowest BCUT2D eigenvalue weighted by Gasteiger charge is -2.46. The third-order valence-electron chi connectivity index (χ3n) is 4.93. The van der Waals surface area contributed by atoms with Gasteiger partial charge in [-0.05, 0) is 44.2 Å². The van der Waals surface area contributed by atoms with Gasteiger partial charge in [-0.1, -0.05) is 30.3 Å². The number of carbonyl (C=O) groups excluding carboxylic acids is 1. The van der Waals surface area contributed by atoms with Gasteiger partial charge >= 0.3 is 0 Å². The smallest absolute Gasteiger partial charge is 0.258 e. The molecule has 2 aromatic carbocycles. The van der Waals surface area contributed by atoms with Gasteiger partial charge in [-0.2, -0.15) is 0 Å². The predicted octanol–water partition coefficient (Wildman–Crippen LogP) is 4.62. The Morgan fingerprint density at radius 3 is 2.63 bits per heavy atom. The van der Waals surface area contributed by atoms with Crippen LogP contribution < -0.4 is 10.1 Å². The third kappa shape index (κ3) is 2.95. The summed E-state index contributed by atoms with van der Waals surface area (Å²) < 4.78 is 11.4. The summed E-state index contributed by atoms with van der Waals surface area (Å²) in [6.45, 7) is 4.86. The Morgan fingerprint density at radius 2 is 1.85 bits per heavy atom. The second kappa shape index (κ2) is 6.83. The monoisotopic (exact) mass is 362 g/mol. The number of fused-ring (bicyclic) bond motifs is 1. The topological polar surface area (TPSA) is 54.7 Å². The summed E-state index contributed by atoms with van der Waals surface area (Å²) >= 11 is 0. The van der Waals surface area contributed by atoms with Gasteiger partial charge in [-0.3, -0.25) is 4.79 Å². The molecule has 0 radical (unpaired) electrons. The van der Waals surface area contributed by atoms with E-state index in [2.05, 4.69) is 5.32 Å². The largest absolute Gasteiger partial charge is 0.493 e. The Kier molecular flexibility index (Phi) is 4.36. The maximum Gasteiger partial charge on any atom is 0.258 e. The Bertz CT molecular complexity index is 952. The number of benzene rings is 2. The van der Waals surface area contributed by atoms with E-state index in [9.17, 15) is 4.79 Å². The van der Waals surface area contributed by atoms with Crippen molar-refractivity contribution in [3.63, 3.8) is 0 Å². The van der Waals surface area contributed by atoms with Crippen molar-refractivity contribution in [3.8, 4) is 5.75 Å². The number of amides is 1. The van der Waals surface area contributed by atoms with Crippen LogP contribution in [0.4, 0.5) is 5.69 Å². The van der Waals surface area contributed by atoms with Crippen LogP contribution >= 0.6 is 0 Å². The Morgan fingerprint density at radius 1 is 1.07 bits per heavy atom. The zero-order valence-corrected chi connectivity index (χ0v) is 15.4. The molecule has 1 amide bonds. The van der Waals surface area contributed by atoms with Crippen LogP contribution in [0, 0.1) is 0 Å².